The summed E-state index contributed by atoms with van der Waals surface area (Å²) < 4.78 is 0. The lowest BCUT2D eigenvalue weighted by Gasteiger charge is -2.10. The SMILES string of the molecule is CNc1ccc(NCC(O)CO)cc1. The average molecular weight is 196 g/mol. The first kappa shape index (κ1) is 10.8. The number of hydrogen-bond donors (Lipinski definition) is 4. The van der Waals surface area contributed by atoms with Gasteiger partial charge < -0.3 is 20.8 Å². The van der Waals surface area contributed by atoms with E-state index < -0.39 is 6.10 Å². The molecule has 0 amide bonds. The summed E-state index contributed by atoms with van der Waals surface area (Å²) in [4.78, 5) is 0. The Bertz CT molecular complexity index is 261. The van der Waals surface area contributed by atoms with Gasteiger partial charge in [0.2, 0.25) is 0 Å². The zero-order chi connectivity index (χ0) is 10.4. The van der Waals surface area contributed by atoms with Gasteiger partial charge in [0, 0.05) is 25.0 Å². The molecule has 0 fully saturated rings. The molecule has 0 saturated heterocycles. The second-order valence-corrected chi connectivity index (χ2v) is 3.04. The normalized spacial score (nSPS) is 12.2. The number of hydrogen-bond acceptors (Lipinski definition) is 4. The quantitative estimate of drug-likeness (QED) is 0.553. The molecular formula is C10H16N2O2. The van der Waals surface area contributed by atoms with Gasteiger partial charge in [-0.15, -0.1) is 0 Å². The summed E-state index contributed by atoms with van der Waals surface area (Å²) in [5.41, 5.74) is 1.97. The standard InChI is InChI=1S/C10H16N2O2/c1-11-8-2-4-9(5-3-8)12-6-10(14)7-13/h2-5,10-14H,6-7H2,1H3. The van der Waals surface area contributed by atoms with E-state index in [0.717, 1.165) is 11.4 Å². The molecule has 78 valence electrons. The summed E-state index contributed by atoms with van der Waals surface area (Å²) in [6, 6.07) is 7.70. The Hall–Kier alpha value is -1.26. The second-order valence-electron chi connectivity index (χ2n) is 3.04. The molecule has 0 spiro atoms. The van der Waals surface area contributed by atoms with E-state index in [4.69, 9.17) is 10.2 Å². The van der Waals surface area contributed by atoms with E-state index in [9.17, 15) is 0 Å². The van der Waals surface area contributed by atoms with E-state index in [2.05, 4.69) is 10.6 Å². The van der Waals surface area contributed by atoms with Crippen LogP contribution in [0.25, 0.3) is 0 Å². The van der Waals surface area contributed by atoms with Gasteiger partial charge in [-0.3, -0.25) is 0 Å². The van der Waals surface area contributed by atoms with Gasteiger partial charge in [-0.2, -0.15) is 0 Å². The average Bonchev–Trinajstić information content (AvgIpc) is 2.26. The van der Waals surface area contributed by atoms with Gasteiger partial charge >= 0.3 is 0 Å². The molecule has 1 unspecified atom stereocenters. The predicted molar refractivity (Wildman–Crippen MR) is 57.6 cm³/mol. The monoisotopic (exact) mass is 196 g/mol. The van der Waals surface area contributed by atoms with Crippen LogP contribution < -0.4 is 10.6 Å². The molecule has 0 heterocycles. The smallest absolute Gasteiger partial charge is 0.0942 e. The minimum absolute atomic E-state index is 0.221. The number of aliphatic hydroxyl groups is 2. The molecular weight excluding hydrogens is 180 g/mol. The number of anilines is 2. The third-order valence-electron chi connectivity index (χ3n) is 1.93. The molecule has 1 atom stereocenters. The van der Waals surface area contributed by atoms with Crippen molar-refractivity contribution in [2.75, 3.05) is 30.8 Å². The van der Waals surface area contributed by atoms with Crippen molar-refractivity contribution in [1.82, 2.24) is 0 Å². The van der Waals surface area contributed by atoms with Crippen LogP contribution in [0.1, 0.15) is 0 Å². The molecule has 4 nitrogen and oxygen atoms in total. The zero-order valence-corrected chi connectivity index (χ0v) is 8.20. The van der Waals surface area contributed by atoms with E-state index in [1.54, 1.807) is 0 Å². The van der Waals surface area contributed by atoms with Crippen LogP contribution in [0, 0.1) is 0 Å². The highest BCUT2D eigenvalue weighted by Crippen LogP contribution is 2.12. The van der Waals surface area contributed by atoms with Gasteiger partial charge in [-0.25, -0.2) is 0 Å². The number of nitrogens with one attached hydrogen (secondary N) is 2. The maximum absolute atomic E-state index is 9.10. The van der Waals surface area contributed by atoms with E-state index >= 15 is 0 Å². The fraction of sp³-hybridized carbons (Fsp3) is 0.400. The lowest BCUT2D eigenvalue weighted by molar-refractivity contribution is 0.105. The lowest BCUT2D eigenvalue weighted by atomic mass is 10.2. The number of aliphatic hydroxyl groups excluding tert-OH is 2. The number of benzene rings is 1. The van der Waals surface area contributed by atoms with Crippen LogP contribution in [0.2, 0.25) is 0 Å². The van der Waals surface area contributed by atoms with Gasteiger partial charge in [-0.1, -0.05) is 0 Å². The van der Waals surface area contributed by atoms with Crippen LogP contribution >= 0.6 is 0 Å². The molecule has 14 heavy (non-hydrogen) atoms. The van der Waals surface area contributed by atoms with Crippen molar-refractivity contribution < 1.29 is 10.2 Å². The highest BCUT2D eigenvalue weighted by atomic mass is 16.3. The Labute approximate surface area is 83.6 Å². The largest absolute Gasteiger partial charge is 0.394 e. The van der Waals surface area contributed by atoms with Crippen molar-refractivity contribution in [3.05, 3.63) is 24.3 Å². The van der Waals surface area contributed by atoms with E-state index in [1.165, 1.54) is 0 Å². The Morgan fingerprint density at radius 3 is 2.29 bits per heavy atom. The summed E-state index contributed by atoms with van der Waals surface area (Å²) in [5, 5.41) is 23.7. The molecule has 4 N–H and O–H groups in total. The Morgan fingerprint density at radius 2 is 1.79 bits per heavy atom. The van der Waals surface area contributed by atoms with Crippen molar-refractivity contribution in [2.45, 2.75) is 6.10 Å². The number of rotatable bonds is 5. The molecule has 0 aliphatic heterocycles. The maximum atomic E-state index is 9.10. The third kappa shape index (κ3) is 3.24. The summed E-state index contributed by atoms with van der Waals surface area (Å²) >= 11 is 0. The van der Waals surface area contributed by atoms with Crippen molar-refractivity contribution in [1.29, 1.82) is 0 Å². The molecule has 0 aliphatic carbocycles. The molecule has 0 aliphatic rings. The van der Waals surface area contributed by atoms with Crippen LogP contribution in [0.15, 0.2) is 24.3 Å². The summed E-state index contributed by atoms with van der Waals surface area (Å²) in [7, 11) is 1.86. The first-order valence-corrected chi connectivity index (χ1v) is 4.57. The molecule has 0 bridgehead atoms. The van der Waals surface area contributed by atoms with E-state index in [1.807, 2.05) is 31.3 Å². The first-order chi connectivity index (χ1) is 6.76. The molecule has 1 aromatic rings. The van der Waals surface area contributed by atoms with Crippen molar-refractivity contribution in [2.24, 2.45) is 0 Å². The highest BCUT2D eigenvalue weighted by Gasteiger charge is 2.00. The summed E-state index contributed by atoms with van der Waals surface area (Å²) in [5.74, 6) is 0. The minimum atomic E-state index is -0.709. The first-order valence-electron chi connectivity index (χ1n) is 4.57. The van der Waals surface area contributed by atoms with Crippen LogP contribution in [-0.2, 0) is 0 Å². The predicted octanol–water partition coefficient (Wildman–Crippen LogP) is 0.493. The fourth-order valence-electron chi connectivity index (χ4n) is 1.05. The van der Waals surface area contributed by atoms with Crippen LogP contribution in [-0.4, -0.2) is 36.5 Å². The molecule has 1 aromatic carbocycles. The van der Waals surface area contributed by atoms with Crippen molar-refractivity contribution >= 4 is 11.4 Å². The Balaban J connectivity index is 2.43. The van der Waals surface area contributed by atoms with Gasteiger partial charge in [0.15, 0.2) is 0 Å². The molecule has 0 radical (unpaired) electrons. The second kappa shape index (κ2) is 5.47. The Kier molecular flexibility index (Phi) is 4.22. The fourth-order valence-corrected chi connectivity index (χ4v) is 1.05. The molecule has 0 saturated carbocycles. The summed E-state index contributed by atoms with van der Waals surface area (Å²) in [6.45, 7) is 0.136. The van der Waals surface area contributed by atoms with Crippen molar-refractivity contribution in [3.8, 4) is 0 Å². The lowest BCUT2D eigenvalue weighted by Crippen LogP contribution is -2.22. The van der Waals surface area contributed by atoms with Crippen LogP contribution in [0.5, 0.6) is 0 Å². The van der Waals surface area contributed by atoms with E-state index in [0.29, 0.717) is 6.54 Å². The van der Waals surface area contributed by atoms with Gasteiger partial charge in [0.1, 0.15) is 0 Å². The summed E-state index contributed by atoms with van der Waals surface area (Å²) in [6.07, 6.45) is -0.709. The molecule has 0 aromatic heterocycles. The van der Waals surface area contributed by atoms with Crippen LogP contribution in [0.4, 0.5) is 11.4 Å². The topological polar surface area (TPSA) is 64.5 Å². The van der Waals surface area contributed by atoms with E-state index in [-0.39, 0.29) is 6.61 Å². The molecule has 1 rings (SSSR count). The van der Waals surface area contributed by atoms with Crippen molar-refractivity contribution in [3.63, 3.8) is 0 Å². The third-order valence-corrected chi connectivity index (χ3v) is 1.93. The molecule has 4 heteroatoms. The van der Waals surface area contributed by atoms with Gasteiger partial charge in [0.25, 0.3) is 0 Å². The minimum Gasteiger partial charge on any atom is -0.394 e. The Morgan fingerprint density at radius 1 is 1.21 bits per heavy atom. The van der Waals surface area contributed by atoms with Crippen LogP contribution in [0.3, 0.4) is 0 Å². The zero-order valence-electron chi connectivity index (χ0n) is 8.20. The van der Waals surface area contributed by atoms with Gasteiger partial charge in [0.05, 0.1) is 12.7 Å². The van der Waals surface area contributed by atoms with Gasteiger partial charge in [-0.05, 0) is 24.3 Å². The maximum Gasteiger partial charge on any atom is 0.0942 e. The highest BCUT2D eigenvalue weighted by molar-refractivity contribution is 5.53.